The Morgan fingerprint density at radius 3 is 3.20 bits per heavy atom. The highest BCUT2D eigenvalue weighted by Gasteiger charge is 2.34. The smallest absolute Gasteiger partial charge is 0.220 e. The van der Waals surface area contributed by atoms with Gasteiger partial charge in [0.15, 0.2) is 0 Å². The predicted molar refractivity (Wildman–Crippen MR) is 77.0 cm³/mol. The molecule has 2 saturated heterocycles. The first-order valence-corrected chi connectivity index (χ1v) is 7.29. The number of hydrogen-bond donors (Lipinski definition) is 3. The molecule has 1 amide bonds. The number of amides is 1. The summed E-state index contributed by atoms with van der Waals surface area (Å²) in [5.41, 5.74) is 2.70. The SMILES string of the molecule is COCCCN=C(NN)N1CCC2NC(=O)CCC2C1. The number of hydrogen-bond acceptors (Lipinski definition) is 4. The fraction of sp³-hybridized carbons (Fsp3) is 0.846. The third-order valence-electron chi connectivity index (χ3n) is 4.02. The van der Waals surface area contributed by atoms with Crippen LogP contribution in [-0.4, -0.2) is 56.2 Å². The molecule has 2 fully saturated rings. The summed E-state index contributed by atoms with van der Waals surface area (Å²) in [6.45, 7) is 3.18. The van der Waals surface area contributed by atoms with E-state index < -0.39 is 0 Å². The number of aliphatic imine (C=N–C) groups is 1. The molecule has 2 unspecified atom stereocenters. The van der Waals surface area contributed by atoms with Crippen molar-refractivity contribution < 1.29 is 9.53 Å². The number of guanidine groups is 1. The van der Waals surface area contributed by atoms with Gasteiger partial charge in [-0.25, -0.2) is 5.84 Å². The lowest BCUT2D eigenvalue weighted by Crippen LogP contribution is -2.57. The van der Waals surface area contributed by atoms with Gasteiger partial charge >= 0.3 is 0 Å². The number of piperidine rings is 2. The van der Waals surface area contributed by atoms with Gasteiger partial charge < -0.3 is 15.0 Å². The fourth-order valence-corrected chi connectivity index (χ4v) is 2.93. The van der Waals surface area contributed by atoms with Gasteiger partial charge in [-0.1, -0.05) is 0 Å². The van der Waals surface area contributed by atoms with E-state index in [-0.39, 0.29) is 5.91 Å². The average Bonchev–Trinajstić information content (AvgIpc) is 2.47. The molecule has 0 radical (unpaired) electrons. The van der Waals surface area contributed by atoms with Crippen molar-refractivity contribution in [2.45, 2.75) is 31.7 Å². The third kappa shape index (κ3) is 3.83. The van der Waals surface area contributed by atoms with E-state index in [1.165, 1.54) is 0 Å². The van der Waals surface area contributed by atoms with Crippen LogP contribution in [0.5, 0.6) is 0 Å². The number of methoxy groups -OCH3 is 1. The van der Waals surface area contributed by atoms with Crippen LogP contribution in [0, 0.1) is 5.92 Å². The number of nitrogens with one attached hydrogen (secondary N) is 2. The topological polar surface area (TPSA) is 92.0 Å². The lowest BCUT2D eigenvalue weighted by atomic mass is 9.85. The summed E-state index contributed by atoms with van der Waals surface area (Å²) in [5.74, 6) is 7.02. The van der Waals surface area contributed by atoms with Crippen molar-refractivity contribution in [2.75, 3.05) is 33.4 Å². The summed E-state index contributed by atoms with van der Waals surface area (Å²) in [6, 6.07) is 0.319. The molecule has 0 bridgehead atoms. The second-order valence-corrected chi connectivity index (χ2v) is 5.40. The first-order chi connectivity index (χ1) is 9.74. The molecule has 0 saturated carbocycles. The van der Waals surface area contributed by atoms with Gasteiger partial charge in [-0.2, -0.15) is 0 Å². The van der Waals surface area contributed by atoms with Gasteiger partial charge in [-0.05, 0) is 25.2 Å². The molecule has 2 rings (SSSR count). The molecule has 0 aliphatic carbocycles. The predicted octanol–water partition coefficient (Wildman–Crippen LogP) is -0.557. The number of likely N-dealkylation sites (tertiary alicyclic amines) is 1. The van der Waals surface area contributed by atoms with Crippen molar-refractivity contribution in [1.82, 2.24) is 15.6 Å². The number of rotatable bonds is 4. The maximum Gasteiger partial charge on any atom is 0.220 e. The number of nitrogens with zero attached hydrogens (tertiary/aromatic N) is 2. The molecule has 20 heavy (non-hydrogen) atoms. The zero-order valence-corrected chi connectivity index (χ0v) is 12.1. The number of carbonyl (C=O) groups is 1. The first kappa shape index (κ1) is 15.1. The summed E-state index contributed by atoms with van der Waals surface area (Å²) in [6.07, 6.45) is 3.42. The van der Waals surface area contributed by atoms with Crippen LogP contribution in [0.2, 0.25) is 0 Å². The molecule has 2 aliphatic rings. The molecule has 4 N–H and O–H groups in total. The molecule has 2 heterocycles. The van der Waals surface area contributed by atoms with Crippen LogP contribution in [0.4, 0.5) is 0 Å². The number of nitrogens with two attached hydrogens (primary N) is 1. The molecular formula is C13H25N5O2. The lowest BCUT2D eigenvalue weighted by Gasteiger charge is -2.42. The maximum absolute atomic E-state index is 11.4. The van der Waals surface area contributed by atoms with Crippen LogP contribution in [0.25, 0.3) is 0 Å². The summed E-state index contributed by atoms with van der Waals surface area (Å²) < 4.78 is 5.01. The molecule has 7 nitrogen and oxygen atoms in total. The van der Waals surface area contributed by atoms with Crippen molar-refractivity contribution in [3.8, 4) is 0 Å². The molecule has 0 aromatic rings. The van der Waals surface area contributed by atoms with Gasteiger partial charge in [0.2, 0.25) is 11.9 Å². The molecule has 0 spiro atoms. The van der Waals surface area contributed by atoms with Crippen molar-refractivity contribution in [3.05, 3.63) is 0 Å². The Labute approximate surface area is 119 Å². The lowest BCUT2D eigenvalue weighted by molar-refractivity contribution is -0.125. The Morgan fingerprint density at radius 1 is 1.60 bits per heavy atom. The van der Waals surface area contributed by atoms with Gasteiger partial charge in [0, 0.05) is 45.8 Å². The standard InChI is InChI=1S/C13H25N5O2/c1-20-8-2-6-15-13(17-14)18-7-5-11-10(9-18)3-4-12(19)16-11/h10-11H,2-9,14H2,1H3,(H,15,17)(H,16,19). The summed E-state index contributed by atoms with van der Waals surface area (Å²) in [7, 11) is 1.69. The molecule has 2 aliphatic heterocycles. The largest absolute Gasteiger partial charge is 0.385 e. The minimum absolute atomic E-state index is 0.185. The van der Waals surface area contributed by atoms with Crippen molar-refractivity contribution in [2.24, 2.45) is 16.8 Å². The molecular weight excluding hydrogens is 258 g/mol. The van der Waals surface area contributed by atoms with E-state index in [0.717, 1.165) is 38.3 Å². The van der Waals surface area contributed by atoms with Gasteiger partial charge in [0.05, 0.1) is 0 Å². The molecule has 0 aromatic carbocycles. The van der Waals surface area contributed by atoms with E-state index in [9.17, 15) is 4.79 Å². The third-order valence-corrected chi connectivity index (χ3v) is 4.02. The minimum Gasteiger partial charge on any atom is -0.385 e. The van der Waals surface area contributed by atoms with Crippen LogP contribution in [-0.2, 0) is 9.53 Å². The van der Waals surface area contributed by atoms with E-state index in [4.69, 9.17) is 10.6 Å². The minimum atomic E-state index is 0.185. The average molecular weight is 283 g/mol. The van der Waals surface area contributed by atoms with E-state index >= 15 is 0 Å². The molecule has 7 heteroatoms. The van der Waals surface area contributed by atoms with Crippen molar-refractivity contribution in [3.63, 3.8) is 0 Å². The Hall–Kier alpha value is -1.34. The molecule has 114 valence electrons. The summed E-state index contributed by atoms with van der Waals surface area (Å²) in [5, 5.41) is 3.08. The number of ether oxygens (including phenoxy) is 1. The van der Waals surface area contributed by atoms with Crippen LogP contribution >= 0.6 is 0 Å². The van der Waals surface area contributed by atoms with Crippen LogP contribution < -0.4 is 16.6 Å². The normalized spacial score (nSPS) is 27.0. The highest BCUT2D eigenvalue weighted by Crippen LogP contribution is 2.25. The quantitative estimate of drug-likeness (QED) is 0.211. The van der Waals surface area contributed by atoms with Crippen molar-refractivity contribution in [1.29, 1.82) is 0 Å². The Kier molecular flexibility index (Phi) is 5.60. The molecule has 0 aromatic heterocycles. The van der Waals surface area contributed by atoms with E-state index in [0.29, 0.717) is 31.5 Å². The second-order valence-electron chi connectivity index (χ2n) is 5.40. The Morgan fingerprint density at radius 2 is 2.45 bits per heavy atom. The monoisotopic (exact) mass is 283 g/mol. The number of hydrazine groups is 1. The summed E-state index contributed by atoms with van der Waals surface area (Å²) in [4.78, 5) is 18.1. The van der Waals surface area contributed by atoms with Crippen LogP contribution in [0.3, 0.4) is 0 Å². The van der Waals surface area contributed by atoms with E-state index in [2.05, 4.69) is 20.6 Å². The highest BCUT2D eigenvalue weighted by molar-refractivity contribution is 5.80. The zero-order chi connectivity index (χ0) is 14.4. The highest BCUT2D eigenvalue weighted by atomic mass is 16.5. The first-order valence-electron chi connectivity index (χ1n) is 7.29. The van der Waals surface area contributed by atoms with Crippen molar-refractivity contribution >= 4 is 11.9 Å². The number of carbonyl (C=O) groups excluding carboxylic acids is 1. The maximum atomic E-state index is 11.4. The molecule has 2 atom stereocenters. The van der Waals surface area contributed by atoms with E-state index in [1.54, 1.807) is 7.11 Å². The summed E-state index contributed by atoms with van der Waals surface area (Å²) >= 11 is 0. The second kappa shape index (κ2) is 7.44. The van der Waals surface area contributed by atoms with Crippen LogP contribution in [0.1, 0.15) is 25.7 Å². The number of fused-ring (bicyclic) bond motifs is 1. The Bertz CT molecular complexity index is 361. The van der Waals surface area contributed by atoms with Gasteiger partial charge in [0.25, 0.3) is 0 Å². The Balaban J connectivity index is 1.87. The van der Waals surface area contributed by atoms with Gasteiger partial charge in [-0.15, -0.1) is 0 Å². The van der Waals surface area contributed by atoms with E-state index in [1.807, 2.05) is 0 Å². The zero-order valence-electron chi connectivity index (χ0n) is 12.1. The fourth-order valence-electron chi connectivity index (χ4n) is 2.93. The van der Waals surface area contributed by atoms with Crippen LogP contribution in [0.15, 0.2) is 4.99 Å². The van der Waals surface area contributed by atoms with Gasteiger partial charge in [0.1, 0.15) is 0 Å². The van der Waals surface area contributed by atoms with Gasteiger partial charge in [-0.3, -0.25) is 15.2 Å².